The Kier molecular flexibility index (Phi) is 39.9. The first-order chi connectivity index (χ1) is 48.1. The van der Waals surface area contributed by atoms with Crippen LogP contribution in [0.1, 0.15) is 150 Å². The molecule has 0 aliphatic rings. The summed E-state index contributed by atoms with van der Waals surface area (Å²) in [5.74, 6) is -8.61. The van der Waals surface area contributed by atoms with Gasteiger partial charge in [-0.2, -0.15) is 0 Å². The van der Waals surface area contributed by atoms with Crippen LogP contribution in [0.15, 0.2) is 48.5 Å². The summed E-state index contributed by atoms with van der Waals surface area (Å²) in [6, 6.07) is 10.0. The van der Waals surface area contributed by atoms with E-state index in [0.717, 1.165) is 0 Å². The lowest BCUT2D eigenvalue weighted by Crippen LogP contribution is -2.46. The number of nitrogens with one attached hydrogen (secondary N) is 12. The molecule has 0 radical (unpaired) electrons. The number of rotatable bonds is 43. The molecule has 0 spiro atoms. The molecule has 0 aliphatic heterocycles. The Bertz CT molecular complexity index is 3100. The number of benzene rings is 4. The van der Waals surface area contributed by atoms with Gasteiger partial charge in [0.25, 0.3) is 70.9 Å². The molecule has 14 N–H and O–H groups in total. The van der Waals surface area contributed by atoms with E-state index in [9.17, 15) is 67.7 Å². The fourth-order valence-corrected chi connectivity index (χ4v) is 10.0. The van der Waals surface area contributed by atoms with Crippen LogP contribution in [0.5, 0.6) is 11.5 Å². The largest absolute Gasteiger partial charge is 0.495 e. The predicted molar refractivity (Wildman–Crippen MR) is 377 cm³/mol. The van der Waals surface area contributed by atoms with Gasteiger partial charge >= 0.3 is 0 Å². The first kappa shape index (κ1) is 87.9. The zero-order valence-corrected chi connectivity index (χ0v) is 57.9. The molecule has 4 aromatic carbocycles. The summed E-state index contributed by atoms with van der Waals surface area (Å²) in [5, 5.41) is 52.9. The number of nitrogens with zero attached hydrogens (tertiary/aromatic N) is 2. The van der Waals surface area contributed by atoms with Gasteiger partial charge in [-0.1, -0.05) is 14.9 Å². The van der Waals surface area contributed by atoms with Gasteiger partial charge in [-0.05, 0) is 48.5 Å². The van der Waals surface area contributed by atoms with E-state index in [1.807, 2.05) is 4.90 Å². The smallest absolute Gasteiger partial charge is 0.255 e. The van der Waals surface area contributed by atoms with Crippen molar-refractivity contribution >= 4 is 70.9 Å². The fraction of sp³-hybridized carbons (Fsp3) is 0.471. The van der Waals surface area contributed by atoms with Crippen LogP contribution < -0.4 is 73.3 Å². The van der Waals surface area contributed by atoms with Gasteiger partial charge in [0.1, 0.15) is 11.5 Å². The van der Waals surface area contributed by atoms with Crippen LogP contribution in [0.25, 0.3) is 0 Å². The fourth-order valence-electron chi connectivity index (χ4n) is 10.0. The van der Waals surface area contributed by atoms with Gasteiger partial charge in [0.05, 0.1) is 76.1 Å². The summed E-state index contributed by atoms with van der Waals surface area (Å²) in [6.45, 7) is -0.868. The van der Waals surface area contributed by atoms with Crippen molar-refractivity contribution in [1.82, 2.24) is 73.6 Å². The summed E-state index contributed by atoms with van der Waals surface area (Å²) in [4.78, 5) is 167. The van der Waals surface area contributed by atoms with Gasteiger partial charge in [0, 0.05) is 204 Å². The highest BCUT2D eigenvalue weighted by atomic mass is 16.5. The van der Waals surface area contributed by atoms with E-state index in [4.69, 9.17) is 28.4 Å². The zero-order chi connectivity index (χ0) is 73.8. The number of amides is 12. The predicted octanol–water partition coefficient (Wildman–Crippen LogP) is -1.47. The lowest BCUT2D eigenvalue weighted by molar-refractivity contribution is 0.0911. The third-order valence-corrected chi connectivity index (χ3v) is 15.3. The maximum absolute atomic E-state index is 14.3. The Morgan fingerprint density at radius 2 is 0.490 bits per heavy atom. The molecule has 4 rings (SSSR count). The van der Waals surface area contributed by atoms with E-state index in [1.54, 1.807) is 4.90 Å². The van der Waals surface area contributed by atoms with E-state index in [1.165, 1.54) is 119 Å². The summed E-state index contributed by atoms with van der Waals surface area (Å²) in [7, 11) is 13.7. The topological polar surface area (TPSA) is 452 Å². The second kappa shape index (κ2) is 46.3. The van der Waals surface area contributed by atoms with Crippen molar-refractivity contribution < 1.29 is 96.2 Å². The summed E-state index contributed by atoms with van der Waals surface area (Å²) in [5.41, 5.74) is -1.67. The SMILES string of the molecule is C.C.CNC(=O)c1cc(C(=O)NCCOC)cc(C(=O)NCCN(CCNC(=O)c2cc(C(=O)NCCOC)cc(C(=O)NC)c2CO)CCN(CCNC(=O)c2cc(C(=O)NCCOC)cc(C(=O)NC)c2OC)CCNC(=O)c2cc(C(=O)NCCOC)cc(C(=O)NC)c2OC)c1CO. The van der Waals surface area contributed by atoms with E-state index in [2.05, 4.69) is 63.8 Å². The molecule has 0 aromatic heterocycles. The van der Waals surface area contributed by atoms with Crippen molar-refractivity contribution in [2.45, 2.75) is 28.1 Å². The molecule has 0 bridgehead atoms. The molecule has 12 amide bonds. The van der Waals surface area contributed by atoms with Gasteiger partial charge in [0.2, 0.25) is 0 Å². The Morgan fingerprint density at radius 1 is 0.294 bits per heavy atom. The van der Waals surface area contributed by atoms with Crippen LogP contribution in [0, 0.1) is 0 Å². The molecule has 0 saturated heterocycles. The number of aliphatic hydroxyl groups excluding tert-OH is 2. The van der Waals surface area contributed by atoms with Gasteiger partial charge in [-0.15, -0.1) is 0 Å². The second-order valence-electron chi connectivity index (χ2n) is 21.6. The van der Waals surface area contributed by atoms with Crippen molar-refractivity contribution in [3.8, 4) is 11.5 Å². The number of methoxy groups -OCH3 is 6. The molecule has 102 heavy (non-hydrogen) atoms. The summed E-state index contributed by atoms with van der Waals surface area (Å²) in [6.07, 6.45) is 0. The number of hydrogen-bond acceptors (Lipinski definition) is 22. The number of aliphatic hydroxyl groups is 2. The van der Waals surface area contributed by atoms with Gasteiger partial charge in [-0.25, -0.2) is 0 Å². The molecule has 34 nitrogen and oxygen atoms in total. The lowest BCUT2D eigenvalue weighted by atomic mass is 9.96. The molecule has 0 atom stereocenters. The van der Waals surface area contributed by atoms with Crippen molar-refractivity contribution in [3.63, 3.8) is 0 Å². The standard InChI is InChI=1S/C66H92N14O20.2CH4/c1-67-59(87)43-29-39(55(83)75-15-25-95-5)31-45(51(43)37-81)63(91)71-11-19-79(20-12-72-64(92)46-32-40(56(84)76-16-26-96-6)30-44(52(46)38-82)60(88)68-2)23-24-80(21-13-73-65(93)49-35-41(57(85)77-17-27-97-7)33-47(53(49)99-9)61(89)69-3)22-14-74-66(94)50-36-42(58(86)78-18-28-98-8)34-48(54(50)100-10)62(90)70-4;;/h29-36,81-82H,11-28,37-38H2,1-10H3,(H,67,87)(H,68,88)(H,69,89)(H,70,90)(H,71,91)(H,72,92)(H,73,93)(H,74,94)(H,75,83)(H,76,84)(H,77,85)(H,78,86);2*1H4. The van der Waals surface area contributed by atoms with E-state index >= 15 is 0 Å². The minimum Gasteiger partial charge on any atom is -0.495 e. The molecule has 34 heteroatoms. The van der Waals surface area contributed by atoms with Crippen molar-refractivity contribution in [3.05, 3.63) is 126 Å². The van der Waals surface area contributed by atoms with E-state index < -0.39 is 84.1 Å². The van der Waals surface area contributed by atoms with Crippen LogP contribution in [0.3, 0.4) is 0 Å². The van der Waals surface area contributed by atoms with Crippen LogP contribution in [0.4, 0.5) is 0 Å². The van der Waals surface area contributed by atoms with Crippen molar-refractivity contribution in [1.29, 1.82) is 0 Å². The monoisotopic (exact) mass is 1430 g/mol. The van der Waals surface area contributed by atoms with Crippen molar-refractivity contribution in [2.75, 3.05) is 189 Å². The molecule has 0 heterocycles. The maximum atomic E-state index is 14.3. The highest BCUT2D eigenvalue weighted by molar-refractivity contribution is 6.11. The van der Waals surface area contributed by atoms with Gasteiger partial charge < -0.3 is 102 Å². The lowest BCUT2D eigenvalue weighted by Gasteiger charge is -2.28. The molecule has 562 valence electrons. The zero-order valence-electron chi connectivity index (χ0n) is 57.9. The molecular weight excluding hydrogens is 1330 g/mol. The molecule has 0 saturated carbocycles. The Morgan fingerprint density at radius 3 is 0.706 bits per heavy atom. The van der Waals surface area contributed by atoms with Gasteiger partial charge in [-0.3, -0.25) is 67.3 Å². The Hall–Kier alpha value is -10.2. The maximum Gasteiger partial charge on any atom is 0.255 e. The Balaban J connectivity index is 0.0000177. The minimum absolute atomic E-state index is 0. The van der Waals surface area contributed by atoms with Crippen molar-refractivity contribution in [2.24, 2.45) is 0 Å². The molecule has 0 fully saturated rings. The number of carbonyl (C=O) groups is 12. The first-order valence-corrected chi connectivity index (χ1v) is 31.6. The third kappa shape index (κ3) is 25.5. The third-order valence-electron chi connectivity index (χ3n) is 15.3. The molecule has 0 unspecified atom stereocenters. The minimum atomic E-state index is -0.788. The highest BCUT2D eigenvalue weighted by Gasteiger charge is 2.29. The van der Waals surface area contributed by atoms with E-state index in [-0.39, 0.29) is 222 Å². The average Bonchev–Trinajstić information content (AvgIpc) is 0.821. The van der Waals surface area contributed by atoms with Crippen LogP contribution in [0.2, 0.25) is 0 Å². The molecule has 0 aliphatic carbocycles. The molecular formula is C68H100N14O20. The van der Waals surface area contributed by atoms with E-state index in [0.29, 0.717) is 0 Å². The summed E-state index contributed by atoms with van der Waals surface area (Å²) >= 11 is 0. The quantitative estimate of drug-likeness (QED) is 0.0225. The average molecular weight is 1430 g/mol. The molecule has 4 aromatic rings. The summed E-state index contributed by atoms with van der Waals surface area (Å²) < 4.78 is 31.3. The van der Waals surface area contributed by atoms with Crippen LogP contribution >= 0.6 is 0 Å². The van der Waals surface area contributed by atoms with Crippen LogP contribution in [-0.2, 0) is 32.2 Å². The normalized spacial score (nSPS) is 10.6. The number of carbonyl (C=O) groups excluding carboxylic acids is 12. The van der Waals surface area contributed by atoms with Gasteiger partial charge in [0.15, 0.2) is 0 Å². The highest BCUT2D eigenvalue weighted by Crippen LogP contribution is 2.29. The second-order valence-corrected chi connectivity index (χ2v) is 21.6. The van der Waals surface area contributed by atoms with Crippen LogP contribution in [-0.4, -0.2) is 280 Å². The first-order valence-electron chi connectivity index (χ1n) is 31.6. The Labute approximate surface area is 593 Å². The number of ether oxygens (including phenoxy) is 6. The number of hydrogen-bond donors (Lipinski definition) is 14.